The molecule has 9 nitrogen and oxygen atoms in total. The molecule has 0 unspecified atom stereocenters. The Morgan fingerprint density at radius 2 is 1.85 bits per heavy atom. The van der Waals surface area contributed by atoms with E-state index >= 15 is 0 Å². The highest BCUT2D eigenvalue weighted by Gasteiger charge is 2.33. The standard InChI is InChI=1S/C22H22Cl2N4O5/c1-32-15-3-2-12(16-13(23)10-26-11-14(16)24)17-18(21(25)30)20(33-19(15)17)22(31)28-6-4-27(5-7-28)8-9-29/h2-3,10-11,29H,4-9H2,1H3,(H2,25,30). The van der Waals surface area contributed by atoms with Crippen molar-refractivity contribution in [3.05, 3.63) is 45.9 Å². The van der Waals surface area contributed by atoms with Gasteiger partial charge in [0.1, 0.15) is 0 Å². The first-order chi connectivity index (χ1) is 15.9. The monoisotopic (exact) mass is 492 g/mol. The van der Waals surface area contributed by atoms with Crippen molar-refractivity contribution in [1.29, 1.82) is 0 Å². The van der Waals surface area contributed by atoms with Gasteiger partial charge in [-0.1, -0.05) is 23.2 Å². The number of rotatable bonds is 6. The van der Waals surface area contributed by atoms with E-state index in [2.05, 4.69) is 4.98 Å². The van der Waals surface area contributed by atoms with Crippen molar-refractivity contribution in [2.45, 2.75) is 0 Å². The number of hydrogen-bond acceptors (Lipinski definition) is 7. The van der Waals surface area contributed by atoms with E-state index in [0.29, 0.717) is 55.0 Å². The minimum atomic E-state index is -0.827. The molecule has 0 spiro atoms. The topological polar surface area (TPSA) is 122 Å². The van der Waals surface area contributed by atoms with Gasteiger partial charge in [-0.25, -0.2) is 0 Å². The molecular formula is C22H22Cl2N4O5. The van der Waals surface area contributed by atoms with Crippen LogP contribution in [-0.2, 0) is 0 Å². The van der Waals surface area contributed by atoms with E-state index in [1.165, 1.54) is 19.5 Å². The lowest BCUT2D eigenvalue weighted by Crippen LogP contribution is -2.49. The number of ether oxygens (including phenoxy) is 1. The van der Waals surface area contributed by atoms with Gasteiger partial charge in [-0.2, -0.15) is 0 Å². The number of nitrogens with two attached hydrogens (primary N) is 1. The number of methoxy groups -OCH3 is 1. The molecule has 33 heavy (non-hydrogen) atoms. The van der Waals surface area contributed by atoms with Crippen molar-refractivity contribution < 1.29 is 23.8 Å². The summed E-state index contributed by atoms with van der Waals surface area (Å²) in [7, 11) is 1.45. The zero-order chi connectivity index (χ0) is 23.7. The average molecular weight is 493 g/mol. The number of furan rings is 1. The number of piperazine rings is 1. The maximum absolute atomic E-state index is 13.4. The van der Waals surface area contributed by atoms with E-state index in [0.717, 1.165) is 0 Å². The highest BCUT2D eigenvalue weighted by Crippen LogP contribution is 2.44. The summed E-state index contributed by atoms with van der Waals surface area (Å²) in [4.78, 5) is 33.6. The van der Waals surface area contributed by atoms with Crippen LogP contribution >= 0.6 is 23.2 Å². The van der Waals surface area contributed by atoms with Crippen LogP contribution in [0.5, 0.6) is 5.75 Å². The Labute approximate surface area is 199 Å². The molecule has 0 radical (unpaired) electrons. The van der Waals surface area contributed by atoms with Crippen LogP contribution in [0.4, 0.5) is 0 Å². The Morgan fingerprint density at radius 1 is 1.18 bits per heavy atom. The highest BCUT2D eigenvalue weighted by molar-refractivity contribution is 6.39. The van der Waals surface area contributed by atoms with Crippen LogP contribution in [0.2, 0.25) is 10.0 Å². The molecule has 0 saturated carbocycles. The minimum absolute atomic E-state index is 0.0477. The van der Waals surface area contributed by atoms with Crippen LogP contribution in [-0.4, -0.2) is 78.1 Å². The van der Waals surface area contributed by atoms with Crippen LogP contribution in [0.1, 0.15) is 20.9 Å². The summed E-state index contributed by atoms with van der Waals surface area (Å²) in [6.07, 6.45) is 2.86. The summed E-state index contributed by atoms with van der Waals surface area (Å²) in [5, 5.41) is 9.95. The van der Waals surface area contributed by atoms with Crippen molar-refractivity contribution in [2.75, 3.05) is 46.4 Å². The van der Waals surface area contributed by atoms with Gasteiger partial charge < -0.3 is 24.9 Å². The summed E-state index contributed by atoms with van der Waals surface area (Å²) < 4.78 is 11.4. The Balaban J connectivity index is 1.88. The molecule has 1 aliphatic heterocycles. The Morgan fingerprint density at radius 3 is 2.42 bits per heavy atom. The van der Waals surface area contributed by atoms with Gasteiger partial charge in [0.15, 0.2) is 11.3 Å². The second-order valence-electron chi connectivity index (χ2n) is 7.53. The number of carbonyl (C=O) groups excluding carboxylic acids is 2. The van der Waals surface area contributed by atoms with E-state index in [9.17, 15) is 9.59 Å². The first-order valence-electron chi connectivity index (χ1n) is 10.2. The van der Waals surface area contributed by atoms with Gasteiger partial charge in [0.2, 0.25) is 5.76 Å². The molecule has 2 amide bonds. The van der Waals surface area contributed by atoms with E-state index in [1.807, 2.05) is 4.90 Å². The third-order valence-electron chi connectivity index (χ3n) is 5.66. The second kappa shape index (κ2) is 9.56. The molecule has 1 aliphatic rings. The number of fused-ring (bicyclic) bond motifs is 1. The lowest BCUT2D eigenvalue weighted by molar-refractivity contribution is 0.0583. The maximum atomic E-state index is 13.4. The first-order valence-corrected chi connectivity index (χ1v) is 11.0. The molecule has 4 rings (SSSR count). The van der Waals surface area contributed by atoms with Crippen molar-refractivity contribution in [1.82, 2.24) is 14.8 Å². The van der Waals surface area contributed by atoms with Gasteiger partial charge >= 0.3 is 0 Å². The molecule has 174 valence electrons. The molecule has 3 N–H and O–H groups in total. The summed E-state index contributed by atoms with van der Waals surface area (Å²) >= 11 is 12.8. The molecule has 3 aromatic rings. The summed E-state index contributed by atoms with van der Waals surface area (Å²) in [6, 6.07) is 3.32. The number of pyridine rings is 1. The molecule has 0 aliphatic carbocycles. The third-order valence-corrected chi connectivity index (χ3v) is 6.23. The molecule has 1 aromatic carbocycles. The van der Waals surface area contributed by atoms with Gasteiger partial charge in [0, 0.05) is 56.1 Å². The summed E-state index contributed by atoms with van der Waals surface area (Å²) in [6.45, 7) is 2.60. The van der Waals surface area contributed by atoms with Crippen LogP contribution in [0.15, 0.2) is 28.9 Å². The maximum Gasteiger partial charge on any atom is 0.290 e. The number of aliphatic hydroxyl groups is 1. The van der Waals surface area contributed by atoms with Crippen LogP contribution in [0.3, 0.4) is 0 Å². The fraction of sp³-hybridized carbons (Fsp3) is 0.318. The zero-order valence-electron chi connectivity index (χ0n) is 17.8. The number of halogens is 2. The number of amides is 2. The molecule has 1 fully saturated rings. The van der Waals surface area contributed by atoms with Gasteiger partial charge in [0.05, 0.1) is 29.3 Å². The van der Waals surface area contributed by atoms with E-state index in [-0.39, 0.29) is 33.6 Å². The molecule has 2 aromatic heterocycles. The SMILES string of the molecule is COc1ccc(-c2c(Cl)cncc2Cl)c2c(C(N)=O)c(C(=O)N3CCN(CCO)CC3)oc12. The zero-order valence-corrected chi connectivity index (χ0v) is 19.3. The predicted molar refractivity (Wildman–Crippen MR) is 124 cm³/mol. The second-order valence-corrected chi connectivity index (χ2v) is 8.34. The summed E-state index contributed by atoms with van der Waals surface area (Å²) in [5.74, 6) is -1.13. The van der Waals surface area contributed by atoms with Gasteiger partial charge in [-0.05, 0) is 17.7 Å². The van der Waals surface area contributed by atoms with E-state index in [4.69, 9.17) is 43.2 Å². The van der Waals surface area contributed by atoms with Crippen molar-refractivity contribution >= 4 is 46.0 Å². The average Bonchev–Trinajstić information content (AvgIpc) is 3.20. The number of primary amides is 1. The molecule has 11 heteroatoms. The van der Waals surface area contributed by atoms with Gasteiger partial charge in [0.25, 0.3) is 11.8 Å². The lowest BCUT2D eigenvalue weighted by Gasteiger charge is -2.33. The highest BCUT2D eigenvalue weighted by atomic mass is 35.5. The fourth-order valence-corrected chi connectivity index (χ4v) is 4.63. The van der Waals surface area contributed by atoms with E-state index in [1.54, 1.807) is 17.0 Å². The molecule has 0 bridgehead atoms. The number of aromatic nitrogens is 1. The number of hydrogen-bond donors (Lipinski definition) is 2. The molecule has 1 saturated heterocycles. The van der Waals surface area contributed by atoms with Crippen molar-refractivity contribution in [3.63, 3.8) is 0 Å². The third kappa shape index (κ3) is 4.24. The fourth-order valence-electron chi connectivity index (χ4n) is 4.06. The molecular weight excluding hydrogens is 471 g/mol. The van der Waals surface area contributed by atoms with Crippen LogP contribution in [0.25, 0.3) is 22.1 Å². The number of aliphatic hydroxyl groups excluding tert-OH is 1. The van der Waals surface area contributed by atoms with Crippen LogP contribution < -0.4 is 10.5 Å². The predicted octanol–water partition coefficient (Wildman–Crippen LogP) is 2.66. The number of benzene rings is 1. The van der Waals surface area contributed by atoms with Crippen molar-refractivity contribution in [2.24, 2.45) is 5.73 Å². The number of nitrogens with zero attached hydrogens (tertiary/aromatic N) is 3. The molecule has 3 heterocycles. The van der Waals surface area contributed by atoms with E-state index < -0.39 is 11.8 Å². The van der Waals surface area contributed by atoms with Crippen molar-refractivity contribution in [3.8, 4) is 16.9 Å². The largest absolute Gasteiger partial charge is 0.493 e. The Hall–Kier alpha value is -2.85. The quantitative estimate of drug-likeness (QED) is 0.542. The first kappa shape index (κ1) is 23.3. The summed E-state index contributed by atoms with van der Waals surface area (Å²) in [5.41, 5.74) is 6.77. The minimum Gasteiger partial charge on any atom is -0.493 e. The van der Waals surface area contributed by atoms with Crippen LogP contribution in [0, 0.1) is 0 Å². The van der Waals surface area contributed by atoms with Gasteiger partial charge in [-0.3, -0.25) is 19.5 Å². The Kier molecular flexibility index (Phi) is 6.76. The Bertz CT molecular complexity index is 1200. The lowest BCUT2D eigenvalue weighted by atomic mass is 9.98. The molecule has 0 atom stereocenters. The number of carbonyl (C=O) groups is 2. The number of β-amino-alcohol motifs (C(OH)–C–C–N with tert-alkyl or cyclic N) is 1. The van der Waals surface area contributed by atoms with Gasteiger partial charge in [-0.15, -0.1) is 0 Å². The smallest absolute Gasteiger partial charge is 0.290 e. The normalized spacial score (nSPS) is 14.6.